The molecule has 0 spiro atoms. The van der Waals surface area contributed by atoms with Crippen LogP contribution in [0.25, 0.3) is 0 Å². The quantitative estimate of drug-likeness (QED) is 0.569. The molecule has 0 unspecified atom stereocenters. The SMILES string of the molecule is Cc1nccnc1C(=N[S@](=O)C(C)(C)C)c1ccc(OC(F)(F)F)c(F)c1. The van der Waals surface area contributed by atoms with Gasteiger partial charge in [0.15, 0.2) is 11.6 Å². The molecule has 0 aliphatic carbocycles. The molecule has 1 heterocycles. The molecule has 0 aliphatic heterocycles. The van der Waals surface area contributed by atoms with Gasteiger partial charge in [0.2, 0.25) is 0 Å². The van der Waals surface area contributed by atoms with Crippen LogP contribution in [0.4, 0.5) is 17.6 Å². The van der Waals surface area contributed by atoms with E-state index in [1.54, 1.807) is 27.7 Å². The first-order valence-electron chi connectivity index (χ1n) is 7.73. The third-order valence-corrected chi connectivity index (χ3v) is 4.63. The van der Waals surface area contributed by atoms with Crippen molar-refractivity contribution < 1.29 is 26.5 Å². The van der Waals surface area contributed by atoms with E-state index in [0.717, 1.165) is 12.1 Å². The van der Waals surface area contributed by atoms with Gasteiger partial charge in [-0.15, -0.1) is 13.2 Å². The van der Waals surface area contributed by atoms with E-state index < -0.39 is 33.7 Å². The Morgan fingerprint density at radius 2 is 1.78 bits per heavy atom. The lowest BCUT2D eigenvalue weighted by molar-refractivity contribution is -0.275. The second-order valence-electron chi connectivity index (χ2n) is 6.48. The Labute approximate surface area is 156 Å². The second-order valence-corrected chi connectivity index (χ2v) is 8.39. The summed E-state index contributed by atoms with van der Waals surface area (Å²) in [6.07, 6.45) is -2.19. The van der Waals surface area contributed by atoms with E-state index in [9.17, 15) is 21.8 Å². The largest absolute Gasteiger partial charge is 0.573 e. The number of aryl methyl sites for hydroxylation is 1. The van der Waals surface area contributed by atoms with Gasteiger partial charge in [-0.25, -0.2) is 8.60 Å². The fourth-order valence-electron chi connectivity index (χ4n) is 1.95. The average Bonchev–Trinajstić information content (AvgIpc) is 2.53. The van der Waals surface area contributed by atoms with Crippen LogP contribution in [0.1, 0.15) is 37.7 Å². The zero-order valence-corrected chi connectivity index (χ0v) is 15.8. The Kier molecular flexibility index (Phi) is 5.98. The van der Waals surface area contributed by atoms with Gasteiger partial charge in [0.25, 0.3) is 0 Å². The third kappa shape index (κ3) is 5.56. The maximum Gasteiger partial charge on any atom is 0.573 e. The number of ether oxygens (including phenoxy) is 1. The molecule has 1 aromatic heterocycles. The van der Waals surface area contributed by atoms with E-state index in [2.05, 4.69) is 19.1 Å². The molecule has 0 N–H and O–H groups in total. The average molecular weight is 403 g/mol. The van der Waals surface area contributed by atoms with E-state index in [-0.39, 0.29) is 17.0 Å². The first-order valence-corrected chi connectivity index (χ1v) is 8.83. The molecule has 0 aliphatic rings. The van der Waals surface area contributed by atoms with Crippen LogP contribution >= 0.6 is 0 Å². The molecule has 1 aromatic carbocycles. The minimum Gasteiger partial charge on any atom is -0.403 e. The molecule has 0 bridgehead atoms. The molecule has 0 radical (unpaired) electrons. The monoisotopic (exact) mass is 403 g/mol. The number of rotatable bonds is 4. The molecule has 0 fully saturated rings. The normalized spacial score (nSPS) is 14.1. The van der Waals surface area contributed by atoms with Gasteiger partial charge in [0.05, 0.1) is 10.4 Å². The topological polar surface area (TPSA) is 64.4 Å². The minimum atomic E-state index is -5.02. The lowest BCUT2D eigenvalue weighted by Gasteiger charge is -2.16. The summed E-state index contributed by atoms with van der Waals surface area (Å²) in [4.78, 5) is 8.21. The van der Waals surface area contributed by atoms with Crippen LogP contribution in [0.2, 0.25) is 0 Å². The van der Waals surface area contributed by atoms with Crippen LogP contribution in [0.5, 0.6) is 5.75 Å². The lowest BCUT2D eigenvalue weighted by atomic mass is 10.1. The summed E-state index contributed by atoms with van der Waals surface area (Å²) >= 11 is 0. The van der Waals surface area contributed by atoms with Crippen molar-refractivity contribution in [3.05, 3.63) is 53.4 Å². The van der Waals surface area contributed by atoms with Crippen molar-refractivity contribution in [1.82, 2.24) is 9.97 Å². The van der Waals surface area contributed by atoms with E-state index in [1.165, 1.54) is 18.5 Å². The molecule has 0 amide bonds. The molecule has 2 rings (SSSR count). The van der Waals surface area contributed by atoms with E-state index in [1.807, 2.05) is 0 Å². The summed E-state index contributed by atoms with van der Waals surface area (Å²) in [6.45, 7) is 6.74. The van der Waals surface area contributed by atoms with Crippen molar-refractivity contribution in [2.45, 2.75) is 38.8 Å². The van der Waals surface area contributed by atoms with Crippen LogP contribution in [-0.2, 0) is 11.0 Å². The number of benzene rings is 1. The Morgan fingerprint density at radius 1 is 1.15 bits per heavy atom. The van der Waals surface area contributed by atoms with Gasteiger partial charge in [-0.2, -0.15) is 4.40 Å². The van der Waals surface area contributed by atoms with Crippen LogP contribution < -0.4 is 4.74 Å². The molecule has 0 saturated carbocycles. The first kappa shape index (κ1) is 20.9. The molecular formula is C17H17F4N3O2S. The maximum atomic E-state index is 14.1. The number of hydrogen-bond acceptors (Lipinski definition) is 4. The Bertz CT molecular complexity index is 892. The number of hydrogen-bond donors (Lipinski definition) is 0. The summed E-state index contributed by atoms with van der Waals surface area (Å²) in [6, 6.07) is 2.85. The number of halogens is 4. The summed E-state index contributed by atoms with van der Waals surface area (Å²) < 4.78 is 70.7. The molecular weight excluding hydrogens is 386 g/mol. The predicted octanol–water partition coefficient (Wildman–Crippen LogP) is 4.12. The predicted molar refractivity (Wildman–Crippen MR) is 93.4 cm³/mol. The van der Waals surface area contributed by atoms with Crippen molar-refractivity contribution in [2.24, 2.45) is 4.40 Å². The van der Waals surface area contributed by atoms with Crippen LogP contribution in [0.3, 0.4) is 0 Å². The van der Waals surface area contributed by atoms with E-state index >= 15 is 0 Å². The van der Waals surface area contributed by atoms with Gasteiger partial charge in [0.1, 0.15) is 22.4 Å². The highest BCUT2D eigenvalue weighted by atomic mass is 32.2. The lowest BCUT2D eigenvalue weighted by Crippen LogP contribution is -2.22. The highest BCUT2D eigenvalue weighted by Gasteiger charge is 2.32. The molecule has 1 atom stereocenters. The van der Waals surface area contributed by atoms with Gasteiger partial charge in [-0.05, 0) is 45.9 Å². The standard InChI is InChI=1S/C17H17F4N3O2S/c1-10-14(23-8-7-22-10)15(24-27(25)16(2,3)4)11-5-6-13(12(18)9-11)26-17(19,20)21/h5-9H,1-4H3/t27-/m1/s1. The summed E-state index contributed by atoms with van der Waals surface area (Å²) in [5.41, 5.74) is 0.853. The van der Waals surface area contributed by atoms with Gasteiger partial charge < -0.3 is 4.74 Å². The summed E-state index contributed by atoms with van der Waals surface area (Å²) in [7, 11) is -1.72. The van der Waals surface area contributed by atoms with Crippen LogP contribution in [0, 0.1) is 12.7 Å². The Hall–Kier alpha value is -2.36. The molecule has 146 valence electrons. The highest BCUT2D eigenvalue weighted by Crippen LogP contribution is 2.27. The molecule has 5 nitrogen and oxygen atoms in total. The van der Waals surface area contributed by atoms with Gasteiger partial charge >= 0.3 is 6.36 Å². The van der Waals surface area contributed by atoms with E-state index in [0.29, 0.717) is 5.69 Å². The van der Waals surface area contributed by atoms with Crippen molar-refractivity contribution >= 4 is 16.7 Å². The second kappa shape index (κ2) is 7.71. The third-order valence-electron chi connectivity index (χ3n) is 3.23. The van der Waals surface area contributed by atoms with E-state index in [4.69, 9.17) is 0 Å². The Balaban J connectivity index is 2.58. The fraction of sp³-hybridized carbons (Fsp3) is 0.353. The number of aromatic nitrogens is 2. The first-order chi connectivity index (χ1) is 12.4. The Morgan fingerprint density at radius 3 is 2.30 bits per heavy atom. The van der Waals surface area contributed by atoms with Crippen LogP contribution in [0.15, 0.2) is 35.0 Å². The zero-order chi connectivity index (χ0) is 20.4. The van der Waals surface area contributed by atoms with Crippen LogP contribution in [-0.4, -0.2) is 31.0 Å². The molecule has 10 heteroatoms. The summed E-state index contributed by atoms with van der Waals surface area (Å²) in [5.74, 6) is -2.21. The van der Waals surface area contributed by atoms with Crippen molar-refractivity contribution in [3.8, 4) is 5.75 Å². The number of nitrogens with zero attached hydrogens (tertiary/aromatic N) is 3. The smallest absolute Gasteiger partial charge is 0.403 e. The molecule has 27 heavy (non-hydrogen) atoms. The van der Waals surface area contributed by atoms with Crippen molar-refractivity contribution in [2.75, 3.05) is 0 Å². The van der Waals surface area contributed by atoms with Gasteiger partial charge in [0, 0.05) is 18.0 Å². The highest BCUT2D eigenvalue weighted by molar-refractivity contribution is 7.85. The van der Waals surface area contributed by atoms with Gasteiger partial charge in [-0.3, -0.25) is 9.97 Å². The minimum absolute atomic E-state index is 0.0614. The molecule has 2 aromatic rings. The molecule has 0 saturated heterocycles. The van der Waals surface area contributed by atoms with Crippen molar-refractivity contribution in [1.29, 1.82) is 0 Å². The maximum absolute atomic E-state index is 14.1. The zero-order valence-electron chi connectivity index (χ0n) is 15.0. The summed E-state index contributed by atoms with van der Waals surface area (Å²) in [5, 5.41) is 0. The fourth-order valence-corrected chi connectivity index (χ4v) is 2.58. The number of alkyl halides is 3. The van der Waals surface area contributed by atoms with Crippen molar-refractivity contribution in [3.63, 3.8) is 0 Å². The van der Waals surface area contributed by atoms with Gasteiger partial charge in [-0.1, -0.05) is 0 Å².